The summed E-state index contributed by atoms with van der Waals surface area (Å²) in [5, 5.41) is 4.39. The number of rotatable bonds is 3. The highest BCUT2D eigenvalue weighted by Crippen LogP contribution is 2.21. The van der Waals surface area contributed by atoms with Gasteiger partial charge in [0.25, 0.3) is 0 Å². The first-order valence-electron chi connectivity index (χ1n) is 4.75. The molecule has 1 heterocycles. The summed E-state index contributed by atoms with van der Waals surface area (Å²) in [4.78, 5) is 4.39. The SMILES string of the molecule is CS(=O)CCN=C1NC(C)(C)CCS1. The summed E-state index contributed by atoms with van der Waals surface area (Å²) in [6, 6.07) is 0. The van der Waals surface area contributed by atoms with Gasteiger partial charge in [0, 0.05) is 34.1 Å². The molecule has 0 aromatic heterocycles. The van der Waals surface area contributed by atoms with Crippen LogP contribution in [0.1, 0.15) is 20.3 Å². The molecule has 0 amide bonds. The third kappa shape index (κ3) is 4.46. The third-order valence-corrected chi connectivity index (χ3v) is 3.72. The molecule has 0 aromatic rings. The average Bonchev–Trinajstić information content (AvgIpc) is 2.01. The second-order valence-corrected chi connectivity index (χ2v) is 6.71. The zero-order chi connectivity index (χ0) is 10.6. The van der Waals surface area contributed by atoms with Crippen LogP contribution >= 0.6 is 11.8 Å². The molecule has 1 aliphatic heterocycles. The lowest BCUT2D eigenvalue weighted by Crippen LogP contribution is -2.46. The van der Waals surface area contributed by atoms with Crippen molar-refractivity contribution >= 4 is 27.7 Å². The van der Waals surface area contributed by atoms with Crippen molar-refractivity contribution in [2.45, 2.75) is 25.8 Å². The van der Waals surface area contributed by atoms with E-state index in [0.717, 1.165) is 17.3 Å². The third-order valence-electron chi connectivity index (χ3n) is 2.05. The maximum absolute atomic E-state index is 10.8. The Morgan fingerprint density at radius 2 is 2.36 bits per heavy atom. The van der Waals surface area contributed by atoms with Crippen LogP contribution in [0.15, 0.2) is 4.99 Å². The van der Waals surface area contributed by atoms with E-state index in [2.05, 4.69) is 24.2 Å². The number of hydrogen-bond acceptors (Lipinski definition) is 3. The number of thioether (sulfide) groups is 1. The van der Waals surface area contributed by atoms with Gasteiger partial charge < -0.3 is 5.32 Å². The standard InChI is InChI=1S/C9H18N2OS2/c1-9(2)4-6-13-8(11-9)10-5-7-14(3)12/h4-7H2,1-3H3,(H,10,11). The predicted molar refractivity (Wildman–Crippen MR) is 65.5 cm³/mol. The average molecular weight is 234 g/mol. The van der Waals surface area contributed by atoms with Gasteiger partial charge in [-0.05, 0) is 20.3 Å². The molecular formula is C9H18N2OS2. The van der Waals surface area contributed by atoms with Crippen LogP contribution in [-0.4, -0.2) is 39.2 Å². The molecule has 14 heavy (non-hydrogen) atoms. The van der Waals surface area contributed by atoms with E-state index in [9.17, 15) is 4.21 Å². The van der Waals surface area contributed by atoms with Crippen molar-refractivity contribution in [2.24, 2.45) is 4.99 Å². The summed E-state index contributed by atoms with van der Waals surface area (Å²) in [5.74, 6) is 1.78. The van der Waals surface area contributed by atoms with Gasteiger partial charge in [-0.25, -0.2) is 0 Å². The van der Waals surface area contributed by atoms with Gasteiger partial charge in [-0.3, -0.25) is 9.20 Å². The first-order valence-corrected chi connectivity index (χ1v) is 7.46. The Labute approximate surface area is 92.6 Å². The van der Waals surface area contributed by atoms with Crippen molar-refractivity contribution in [1.82, 2.24) is 5.32 Å². The van der Waals surface area contributed by atoms with Gasteiger partial charge in [0.15, 0.2) is 5.17 Å². The molecule has 0 aliphatic carbocycles. The second kappa shape index (κ2) is 5.16. The fourth-order valence-electron chi connectivity index (χ4n) is 1.15. The lowest BCUT2D eigenvalue weighted by Gasteiger charge is -2.32. The molecule has 0 radical (unpaired) electrons. The lowest BCUT2D eigenvalue weighted by atomic mass is 10.0. The smallest absolute Gasteiger partial charge is 0.156 e. The van der Waals surface area contributed by atoms with E-state index in [1.165, 1.54) is 0 Å². The second-order valence-electron chi connectivity index (χ2n) is 4.07. The topological polar surface area (TPSA) is 41.5 Å². The van der Waals surface area contributed by atoms with E-state index in [1.807, 2.05) is 0 Å². The fraction of sp³-hybridized carbons (Fsp3) is 0.889. The number of hydrogen-bond donors (Lipinski definition) is 1. The van der Waals surface area contributed by atoms with Gasteiger partial charge >= 0.3 is 0 Å². The van der Waals surface area contributed by atoms with E-state index in [4.69, 9.17) is 0 Å². The van der Waals surface area contributed by atoms with Gasteiger partial charge in [0.2, 0.25) is 0 Å². The Morgan fingerprint density at radius 1 is 1.64 bits per heavy atom. The lowest BCUT2D eigenvalue weighted by molar-refractivity contribution is 0.446. The summed E-state index contributed by atoms with van der Waals surface area (Å²) in [5.41, 5.74) is 0.162. The highest BCUT2D eigenvalue weighted by Gasteiger charge is 2.23. The molecule has 5 heteroatoms. The minimum Gasteiger partial charge on any atom is -0.360 e. The Balaban J connectivity index is 2.40. The van der Waals surface area contributed by atoms with Gasteiger partial charge in [0.1, 0.15) is 0 Å². The van der Waals surface area contributed by atoms with Crippen LogP contribution in [0.4, 0.5) is 0 Å². The van der Waals surface area contributed by atoms with Crippen LogP contribution in [0.3, 0.4) is 0 Å². The van der Waals surface area contributed by atoms with Crippen LogP contribution in [0, 0.1) is 0 Å². The fourth-order valence-corrected chi connectivity index (χ4v) is 2.84. The molecule has 1 unspecified atom stereocenters. The number of nitrogens with zero attached hydrogens (tertiary/aromatic N) is 1. The van der Waals surface area contributed by atoms with Gasteiger partial charge in [-0.15, -0.1) is 0 Å². The number of amidine groups is 1. The molecule has 1 atom stereocenters. The Kier molecular flexibility index (Phi) is 4.44. The quantitative estimate of drug-likeness (QED) is 0.798. The van der Waals surface area contributed by atoms with E-state index in [1.54, 1.807) is 18.0 Å². The summed E-state index contributed by atoms with van der Waals surface area (Å²) in [7, 11) is -0.733. The van der Waals surface area contributed by atoms with E-state index in [-0.39, 0.29) is 5.54 Å². The minimum atomic E-state index is -0.733. The maximum atomic E-state index is 10.8. The summed E-state index contributed by atoms with van der Waals surface area (Å²) in [6.07, 6.45) is 2.88. The molecule has 1 fully saturated rings. The zero-order valence-corrected chi connectivity index (χ0v) is 10.6. The normalized spacial score (nSPS) is 25.8. The summed E-state index contributed by atoms with van der Waals surface area (Å²) >= 11 is 1.76. The Bertz CT molecular complexity index is 251. The molecule has 0 spiro atoms. The minimum absolute atomic E-state index is 0.162. The monoisotopic (exact) mass is 234 g/mol. The molecule has 1 saturated heterocycles. The van der Waals surface area contributed by atoms with Crippen LogP contribution in [0.2, 0.25) is 0 Å². The van der Waals surface area contributed by atoms with Crippen LogP contribution in [0.25, 0.3) is 0 Å². The summed E-state index contributed by atoms with van der Waals surface area (Å²) < 4.78 is 10.8. The van der Waals surface area contributed by atoms with Crippen LogP contribution in [-0.2, 0) is 10.8 Å². The molecule has 3 nitrogen and oxygen atoms in total. The highest BCUT2D eigenvalue weighted by molar-refractivity contribution is 8.13. The Morgan fingerprint density at radius 3 is 2.93 bits per heavy atom. The Hall–Kier alpha value is -0.0300. The molecule has 1 N–H and O–H groups in total. The molecule has 1 rings (SSSR count). The largest absolute Gasteiger partial charge is 0.360 e. The van der Waals surface area contributed by atoms with Gasteiger partial charge in [0.05, 0.1) is 6.54 Å². The molecular weight excluding hydrogens is 216 g/mol. The van der Waals surface area contributed by atoms with E-state index < -0.39 is 10.8 Å². The van der Waals surface area contributed by atoms with Crippen LogP contribution < -0.4 is 5.32 Å². The first-order chi connectivity index (χ1) is 6.49. The molecule has 0 bridgehead atoms. The molecule has 0 saturated carbocycles. The molecule has 0 aromatic carbocycles. The van der Waals surface area contributed by atoms with E-state index >= 15 is 0 Å². The number of aliphatic imine (C=N–C) groups is 1. The maximum Gasteiger partial charge on any atom is 0.156 e. The van der Waals surface area contributed by atoms with Crippen molar-refractivity contribution in [2.75, 3.05) is 24.3 Å². The van der Waals surface area contributed by atoms with Gasteiger partial charge in [-0.2, -0.15) is 0 Å². The summed E-state index contributed by atoms with van der Waals surface area (Å²) in [6.45, 7) is 5.02. The van der Waals surface area contributed by atoms with Crippen molar-refractivity contribution in [1.29, 1.82) is 0 Å². The predicted octanol–water partition coefficient (Wildman–Crippen LogP) is 1.23. The number of nitrogens with one attached hydrogen (secondary N) is 1. The van der Waals surface area contributed by atoms with E-state index in [0.29, 0.717) is 12.3 Å². The first kappa shape index (κ1) is 12.0. The molecule has 82 valence electrons. The van der Waals surface area contributed by atoms with Gasteiger partial charge in [-0.1, -0.05) is 11.8 Å². The van der Waals surface area contributed by atoms with Crippen LogP contribution in [0.5, 0.6) is 0 Å². The van der Waals surface area contributed by atoms with Crippen molar-refractivity contribution < 1.29 is 4.21 Å². The van der Waals surface area contributed by atoms with Crippen molar-refractivity contribution in [3.05, 3.63) is 0 Å². The zero-order valence-electron chi connectivity index (χ0n) is 9.00. The van der Waals surface area contributed by atoms with Crippen molar-refractivity contribution in [3.63, 3.8) is 0 Å². The molecule has 1 aliphatic rings. The van der Waals surface area contributed by atoms with Crippen molar-refractivity contribution in [3.8, 4) is 0 Å². The highest BCUT2D eigenvalue weighted by atomic mass is 32.2.